The zero-order valence-corrected chi connectivity index (χ0v) is 17.0. The van der Waals surface area contributed by atoms with Gasteiger partial charge in [-0.15, -0.1) is 0 Å². The van der Waals surface area contributed by atoms with E-state index >= 15 is 0 Å². The second kappa shape index (κ2) is 10.5. The lowest BCUT2D eigenvalue weighted by atomic mass is 10.0. The normalized spacial score (nSPS) is 10.8. The smallest absolute Gasteiger partial charge is 0.107 e. The molecule has 0 aliphatic heterocycles. The van der Waals surface area contributed by atoms with E-state index in [1.807, 2.05) is 12.1 Å². The third-order valence-corrected chi connectivity index (χ3v) is 5.02. The quantitative estimate of drug-likeness (QED) is 0.183. The fourth-order valence-corrected chi connectivity index (χ4v) is 3.54. The highest BCUT2D eigenvalue weighted by Gasteiger charge is 2.02. The van der Waals surface area contributed by atoms with Crippen molar-refractivity contribution in [2.24, 2.45) is 0 Å². The second-order valence-electron chi connectivity index (χ2n) is 7.49. The van der Waals surface area contributed by atoms with Gasteiger partial charge in [-0.3, -0.25) is 0 Å². The minimum Gasteiger partial charge on any atom is -0.232 e. The van der Waals surface area contributed by atoms with Crippen molar-refractivity contribution < 1.29 is 9.78 Å². The van der Waals surface area contributed by atoms with E-state index in [1.165, 1.54) is 22.3 Å². The Bertz CT molecular complexity index is 955. The lowest BCUT2D eigenvalue weighted by molar-refractivity contribution is -0.313. The monoisotopic (exact) mass is 394 g/mol. The van der Waals surface area contributed by atoms with Gasteiger partial charge in [0.25, 0.3) is 0 Å². The summed E-state index contributed by atoms with van der Waals surface area (Å²) in [7, 11) is 0. The van der Waals surface area contributed by atoms with Gasteiger partial charge < -0.3 is 0 Å². The van der Waals surface area contributed by atoms with Crippen LogP contribution in [-0.4, -0.2) is 0 Å². The van der Waals surface area contributed by atoms with Gasteiger partial charge in [0, 0.05) is 0 Å². The molecule has 0 aliphatic rings. The second-order valence-corrected chi connectivity index (χ2v) is 7.49. The molecule has 2 nitrogen and oxygen atoms in total. The van der Waals surface area contributed by atoms with Gasteiger partial charge >= 0.3 is 0 Å². The minimum atomic E-state index is 0.437. The van der Waals surface area contributed by atoms with Crippen LogP contribution in [0.15, 0.2) is 109 Å². The summed E-state index contributed by atoms with van der Waals surface area (Å²) < 4.78 is 0. The molecule has 0 saturated heterocycles. The maximum Gasteiger partial charge on any atom is 0.107 e. The molecular weight excluding hydrogens is 368 g/mol. The molecule has 4 rings (SSSR count). The van der Waals surface area contributed by atoms with Crippen molar-refractivity contribution in [2.45, 2.75) is 26.1 Å². The van der Waals surface area contributed by atoms with Crippen LogP contribution >= 0.6 is 0 Å². The Hall–Kier alpha value is -3.20. The maximum absolute atomic E-state index is 5.49. The Kier molecular flexibility index (Phi) is 7.06. The van der Waals surface area contributed by atoms with Crippen LogP contribution in [0.4, 0.5) is 0 Å². The summed E-state index contributed by atoms with van der Waals surface area (Å²) in [4.78, 5) is 11.0. The Morgan fingerprint density at radius 2 is 0.733 bits per heavy atom. The molecule has 2 heteroatoms. The number of rotatable bonds is 9. The van der Waals surface area contributed by atoms with E-state index in [0.717, 1.165) is 24.0 Å². The highest BCUT2D eigenvalue weighted by molar-refractivity contribution is 5.30. The van der Waals surface area contributed by atoms with Crippen molar-refractivity contribution in [3.63, 3.8) is 0 Å². The van der Waals surface area contributed by atoms with E-state index in [-0.39, 0.29) is 0 Å². The first-order valence-electron chi connectivity index (χ1n) is 10.3. The molecule has 0 fully saturated rings. The third-order valence-electron chi connectivity index (χ3n) is 5.02. The Labute approximate surface area is 178 Å². The Balaban J connectivity index is 1.26. The van der Waals surface area contributed by atoms with E-state index in [9.17, 15) is 0 Å². The molecule has 0 aromatic heterocycles. The lowest BCUT2D eigenvalue weighted by Gasteiger charge is -2.08. The molecule has 0 bridgehead atoms. The number of benzene rings is 4. The fourth-order valence-electron chi connectivity index (χ4n) is 3.54. The largest absolute Gasteiger partial charge is 0.232 e. The number of hydrogen-bond donors (Lipinski definition) is 0. The molecule has 4 aromatic rings. The summed E-state index contributed by atoms with van der Waals surface area (Å²) >= 11 is 0. The summed E-state index contributed by atoms with van der Waals surface area (Å²) in [6.07, 6.45) is 1.84. The molecule has 0 aliphatic carbocycles. The summed E-state index contributed by atoms with van der Waals surface area (Å²) in [6.45, 7) is 0.874. The first-order chi connectivity index (χ1) is 14.8. The molecule has 0 saturated carbocycles. The third kappa shape index (κ3) is 6.15. The van der Waals surface area contributed by atoms with Crippen LogP contribution < -0.4 is 0 Å². The van der Waals surface area contributed by atoms with Gasteiger partial charge in [0.2, 0.25) is 0 Å². The summed E-state index contributed by atoms with van der Waals surface area (Å²) in [5, 5.41) is 0. The van der Waals surface area contributed by atoms with Gasteiger partial charge in [0.05, 0.1) is 0 Å². The maximum atomic E-state index is 5.49. The average Bonchev–Trinajstić information content (AvgIpc) is 2.79. The van der Waals surface area contributed by atoms with Gasteiger partial charge in [-0.1, -0.05) is 109 Å². The van der Waals surface area contributed by atoms with Crippen molar-refractivity contribution >= 4 is 0 Å². The zero-order valence-electron chi connectivity index (χ0n) is 17.0. The van der Waals surface area contributed by atoms with Crippen LogP contribution in [0.2, 0.25) is 0 Å². The topological polar surface area (TPSA) is 18.5 Å². The van der Waals surface area contributed by atoms with Crippen molar-refractivity contribution in [3.8, 4) is 0 Å². The van der Waals surface area contributed by atoms with E-state index in [1.54, 1.807) is 0 Å². The number of hydrogen-bond acceptors (Lipinski definition) is 2. The fraction of sp³-hybridized carbons (Fsp3) is 0.143. The minimum absolute atomic E-state index is 0.437. The molecule has 30 heavy (non-hydrogen) atoms. The van der Waals surface area contributed by atoms with Crippen LogP contribution in [0.5, 0.6) is 0 Å². The molecule has 150 valence electrons. The van der Waals surface area contributed by atoms with Gasteiger partial charge in [-0.05, 0) is 46.2 Å². The highest BCUT2D eigenvalue weighted by Crippen LogP contribution is 2.14. The van der Waals surface area contributed by atoms with Crippen molar-refractivity contribution in [1.82, 2.24) is 0 Å². The predicted octanol–water partition coefficient (Wildman–Crippen LogP) is 6.52. The van der Waals surface area contributed by atoms with Crippen LogP contribution in [0.25, 0.3) is 0 Å². The van der Waals surface area contributed by atoms with E-state index in [2.05, 4.69) is 97.1 Å². The summed E-state index contributed by atoms with van der Waals surface area (Å²) in [6, 6.07) is 37.9. The first-order valence-corrected chi connectivity index (χ1v) is 10.3. The predicted molar refractivity (Wildman–Crippen MR) is 121 cm³/mol. The van der Waals surface area contributed by atoms with Crippen LogP contribution in [0, 0.1) is 0 Å². The van der Waals surface area contributed by atoms with Crippen molar-refractivity contribution in [3.05, 3.63) is 143 Å². The van der Waals surface area contributed by atoms with Crippen LogP contribution in [0.1, 0.15) is 33.4 Å². The van der Waals surface area contributed by atoms with Gasteiger partial charge in [-0.25, -0.2) is 9.78 Å². The zero-order chi connectivity index (χ0) is 20.4. The molecule has 4 aromatic carbocycles. The lowest BCUT2D eigenvalue weighted by Crippen LogP contribution is -1.98. The summed E-state index contributed by atoms with van der Waals surface area (Å²) in [5.41, 5.74) is 7.39. The Morgan fingerprint density at radius 3 is 1.17 bits per heavy atom. The molecular formula is C28H26O2. The molecule has 0 heterocycles. The molecule has 0 radical (unpaired) electrons. The molecule has 0 unspecified atom stereocenters. The molecule has 0 amide bonds. The van der Waals surface area contributed by atoms with E-state index in [0.29, 0.717) is 13.2 Å². The van der Waals surface area contributed by atoms with Crippen LogP contribution in [0.3, 0.4) is 0 Å². The molecule has 0 atom stereocenters. The van der Waals surface area contributed by atoms with E-state index in [4.69, 9.17) is 9.78 Å². The van der Waals surface area contributed by atoms with Crippen molar-refractivity contribution in [2.75, 3.05) is 0 Å². The first kappa shape index (κ1) is 20.1. The van der Waals surface area contributed by atoms with Gasteiger partial charge in [-0.2, -0.15) is 0 Å². The SMILES string of the molecule is c1ccc(Cc2cccc(COOCc3cccc(Cc4ccccc4)c3)c2)cc1. The molecule has 0 spiro atoms. The van der Waals surface area contributed by atoms with Crippen LogP contribution in [-0.2, 0) is 35.8 Å². The van der Waals surface area contributed by atoms with Gasteiger partial charge in [0.1, 0.15) is 13.2 Å². The van der Waals surface area contributed by atoms with Gasteiger partial charge in [0.15, 0.2) is 0 Å². The van der Waals surface area contributed by atoms with Crippen molar-refractivity contribution in [1.29, 1.82) is 0 Å². The molecule has 0 N–H and O–H groups in total. The summed E-state index contributed by atoms with van der Waals surface area (Å²) in [5.74, 6) is 0. The standard InChI is InChI=1S/C28H26O2/c1-3-9-23(10-4-1)17-25-13-7-15-27(19-25)21-29-30-22-28-16-8-14-26(20-28)18-24-11-5-2-6-12-24/h1-16,19-20H,17-18,21-22H2. The average molecular weight is 395 g/mol. The Morgan fingerprint density at radius 1 is 0.367 bits per heavy atom. The van der Waals surface area contributed by atoms with E-state index < -0.39 is 0 Å². The highest BCUT2D eigenvalue weighted by atomic mass is 17.2.